The average molecular weight is 563 g/mol. The molecule has 0 radical (unpaired) electrons. The molecule has 0 atom stereocenters. The first kappa shape index (κ1) is 25.1. The Bertz CT molecular complexity index is 2350. The Balaban J connectivity index is 1.40. The van der Waals surface area contributed by atoms with Crippen molar-refractivity contribution in [1.82, 2.24) is 0 Å². The minimum absolute atomic E-state index is 0.0363. The largest absolute Gasteiger partial charge is 0.455 e. The van der Waals surface area contributed by atoms with E-state index < -0.39 is 0 Å². The molecule has 0 saturated heterocycles. The van der Waals surface area contributed by atoms with Gasteiger partial charge in [-0.05, 0) is 72.6 Å². The van der Waals surface area contributed by atoms with Crippen molar-refractivity contribution in [3.8, 4) is 44.7 Å². The molecule has 0 bridgehead atoms. The molecule has 0 aliphatic heterocycles. The topological polar surface area (TPSA) is 13.1 Å². The van der Waals surface area contributed by atoms with Crippen LogP contribution in [-0.4, -0.2) is 0 Å². The molecule has 0 amide bonds. The highest BCUT2D eigenvalue weighted by Crippen LogP contribution is 2.52. The van der Waals surface area contributed by atoms with Crippen LogP contribution in [-0.2, 0) is 5.41 Å². The Morgan fingerprint density at radius 3 is 1.66 bits per heavy atom. The molecule has 0 fully saturated rings. The lowest BCUT2D eigenvalue weighted by molar-refractivity contribution is 0.634. The predicted octanol–water partition coefficient (Wildman–Crippen LogP) is 12.0. The minimum Gasteiger partial charge on any atom is -0.455 e. The summed E-state index contributed by atoms with van der Waals surface area (Å²) >= 11 is 0. The van der Waals surface area contributed by atoms with Crippen LogP contribution in [0.25, 0.3) is 77.2 Å². The first-order valence-corrected chi connectivity index (χ1v) is 15.4. The summed E-state index contributed by atoms with van der Waals surface area (Å²) in [5.74, 6) is 0.920. The van der Waals surface area contributed by atoms with E-state index in [9.17, 15) is 0 Å². The van der Waals surface area contributed by atoms with Crippen molar-refractivity contribution in [3.63, 3.8) is 0 Å². The smallest absolute Gasteiger partial charge is 0.144 e. The third-order valence-corrected chi connectivity index (χ3v) is 9.69. The Kier molecular flexibility index (Phi) is 5.31. The maximum atomic E-state index is 6.93. The van der Waals surface area contributed by atoms with E-state index in [0.717, 1.165) is 27.9 Å². The molecule has 208 valence electrons. The summed E-state index contributed by atoms with van der Waals surface area (Å²) in [5, 5.41) is 5.97. The average Bonchev–Trinajstić information content (AvgIpc) is 3.56. The maximum Gasteiger partial charge on any atom is 0.144 e. The zero-order valence-electron chi connectivity index (χ0n) is 24.8. The first-order chi connectivity index (χ1) is 21.6. The fourth-order valence-corrected chi connectivity index (χ4v) is 7.67. The minimum atomic E-state index is -0.0363. The second-order valence-electron chi connectivity index (χ2n) is 12.4. The second-order valence-corrected chi connectivity index (χ2v) is 12.4. The van der Waals surface area contributed by atoms with Crippen molar-refractivity contribution in [2.75, 3.05) is 0 Å². The van der Waals surface area contributed by atoms with Crippen molar-refractivity contribution in [2.45, 2.75) is 19.3 Å². The second kappa shape index (κ2) is 9.30. The lowest BCUT2D eigenvalue weighted by Gasteiger charge is -2.21. The molecule has 1 nitrogen and oxygen atoms in total. The molecule has 44 heavy (non-hydrogen) atoms. The van der Waals surface area contributed by atoms with E-state index >= 15 is 0 Å². The van der Waals surface area contributed by atoms with Gasteiger partial charge in [0.25, 0.3) is 0 Å². The van der Waals surface area contributed by atoms with Crippen molar-refractivity contribution < 1.29 is 4.42 Å². The molecule has 1 aromatic heterocycles. The van der Waals surface area contributed by atoms with E-state index in [1.54, 1.807) is 0 Å². The molecule has 8 aromatic rings. The standard InChI is InChI=1S/C43H30O/c1-43(2)36-22-12-10-16-29(36)35-26-28(24-25-37(35)43)40-34-21-11-13-23-38(34)44-42(40)41-32-19-8-6-17-30(32)39(27-14-4-3-5-15-27)31-18-7-9-20-33(31)41/h3-26H,1-2H3. The zero-order valence-corrected chi connectivity index (χ0v) is 24.8. The molecule has 1 aliphatic rings. The number of rotatable bonds is 3. The van der Waals surface area contributed by atoms with Gasteiger partial charge in [0.2, 0.25) is 0 Å². The molecule has 1 heteroatoms. The van der Waals surface area contributed by atoms with Crippen LogP contribution in [0.4, 0.5) is 0 Å². The summed E-state index contributed by atoms with van der Waals surface area (Å²) in [7, 11) is 0. The Morgan fingerprint density at radius 1 is 0.409 bits per heavy atom. The highest BCUT2D eigenvalue weighted by atomic mass is 16.3. The van der Waals surface area contributed by atoms with Gasteiger partial charge in [-0.25, -0.2) is 0 Å². The Labute approximate surface area is 257 Å². The summed E-state index contributed by atoms with van der Waals surface area (Å²) < 4.78 is 6.93. The van der Waals surface area contributed by atoms with Crippen LogP contribution in [0.3, 0.4) is 0 Å². The Morgan fingerprint density at radius 2 is 0.955 bits per heavy atom. The third-order valence-electron chi connectivity index (χ3n) is 9.69. The van der Waals surface area contributed by atoms with Gasteiger partial charge in [0.15, 0.2) is 0 Å². The SMILES string of the molecule is CC1(C)c2ccccc2-c2cc(-c3c(-c4c5ccccc5c(-c5ccccc5)c5ccccc45)oc4ccccc34)ccc21. The van der Waals surface area contributed by atoms with E-state index in [0.29, 0.717) is 0 Å². The van der Waals surface area contributed by atoms with Crippen LogP contribution in [0.5, 0.6) is 0 Å². The summed E-state index contributed by atoms with van der Waals surface area (Å²) in [5.41, 5.74) is 12.2. The zero-order chi connectivity index (χ0) is 29.4. The number of hydrogen-bond acceptors (Lipinski definition) is 1. The van der Waals surface area contributed by atoms with Gasteiger partial charge in [0.05, 0.1) is 0 Å². The van der Waals surface area contributed by atoms with Crippen LogP contribution in [0.2, 0.25) is 0 Å². The molecule has 9 rings (SSSR count). The highest BCUT2D eigenvalue weighted by molar-refractivity contribution is 6.23. The van der Waals surface area contributed by atoms with Gasteiger partial charge in [-0.2, -0.15) is 0 Å². The lowest BCUT2D eigenvalue weighted by atomic mass is 9.82. The number of benzene rings is 7. The van der Waals surface area contributed by atoms with Crippen LogP contribution in [0.1, 0.15) is 25.0 Å². The summed E-state index contributed by atoms with van der Waals surface area (Å²) in [6, 6.07) is 52.7. The van der Waals surface area contributed by atoms with Crippen molar-refractivity contribution in [3.05, 3.63) is 157 Å². The van der Waals surface area contributed by atoms with Crippen LogP contribution in [0.15, 0.2) is 150 Å². The molecular formula is C43H30O. The Hall–Kier alpha value is -5.40. The van der Waals surface area contributed by atoms with Gasteiger partial charge < -0.3 is 4.42 Å². The van der Waals surface area contributed by atoms with Gasteiger partial charge in [0.1, 0.15) is 11.3 Å². The molecule has 1 heterocycles. The maximum absolute atomic E-state index is 6.93. The number of hydrogen-bond donors (Lipinski definition) is 0. The first-order valence-electron chi connectivity index (χ1n) is 15.4. The van der Waals surface area contributed by atoms with E-state index in [1.165, 1.54) is 60.5 Å². The third kappa shape index (κ3) is 3.47. The van der Waals surface area contributed by atoms with Gasteiger partial charge in [-0.1, -0.05) is 147 Å². The summed E-state index contributed by atoms with van der Waals surface area (Å²) in [6.07, 6.45) is 0. The number of fused-ring (bicyclic) bond motifs is 6. The van der Waals surface area contributed by atoms with Crippen molar-refractivity contribution >= 4 is 32.5 Å². The summed E-state index contributed by atoms with van der Waals surface area (Å²) in [4.78, 5) is 0. The van der Waals surface area contributed by atoms with E-state index in [4.69, 9.17) is 4.42 Å². The molecule has 0 unspecified atom stereocenters. The van der Waals surface area contributed by atoms with Gasteiger partial charge in [-0.15, -0.1) is 0 Å². The molecule has 0 N–H and O–H groups in total. The van der Waals surface area contributed by atoms with Crippen LogP contribution >= 0.6 is 0 Å². The van der Waals surface area contributed by atoms with E-state index in [2.05, 4.69) is 159 Å². The number of furan rings is 1. The summed E-state index contributed by atoms with van der Waals surface area (Å²) in [6.45, 7) is 4.67. The molecular weight excluding hydrogens is 532 g/mol. The number of para-hydroxylation sites is 1. The van der Waals surface area contributed by atoms with Crippen LogP contribution in [0, 0.1) is 0 Å². The molecule has 0 saturated carbocycles. The quantitative estimate of drug-likeness (QED) is 0.195. The molecule has 1 aliphatic carbocycles. The monoisotopic (exact) mass is 562 g/mol. The fourth-order valence-electron chi connectivity index (χ4n) is 7.67. The normalized spacial score (nSPS) is 13.4. The lowest BCUT2D eigenvalue weighted by Crippen LogP contribution is -2.14. The van der Waals surface area contributed by atoms with Crippen molar-refractivity contribution in [2.24, 2.45) is 0 Å². The van der Waals surface area contributed by atoms with Crippen molar-refractivity contribution in [1.29, 1.82) is 0 Å². The van der Waals surface area contributed by atoms with Gasteiger partial charge in [0, 0.05) is 21.9 Å². The van der Waals surface area contributed by atoms with E-state index in [1.807, 2.05) is 0 Å². The molecule has 0 spiro atoms. The van der Waals surface area contributed by atoms with Crippen LogP contribution < -0.4 is 0 Å². The van der Waals surface area contributed by atoms with Gasteiger partial charge >= 0.3 is 0 Å². The highest BCUT2D eigenvalue weighted by Gasteiger charge is 2.35. The van der Waals surface area contributed by atoms with Gasteiger partial charge in [-0.3, -0.25) is 0 Å². The predicted molar refractivity (Wildman–Crippen MR) is 185 cm³/mol. The van der Waals surface area contributed by atoms with E-state index in [-0.39, 0.29) is 5.41 Å². The fraction of sp³-hybridized carbons (Fsp3) is 0.0698. The molecule has 7 aromatic carbocycles.